The van der Waals surface area contributed by atoms with Crippen molar-refractivity contribution in [1.82, 2.24) is 29.7 Å². The van der Waals surface area contributed by atoms with E-state index in [1.54, 1.807) is 59.6 Å². The van der Waals surface area contributed by atoms with Crippen LogP contribution >= 0.6 is 0 Å². The van der Waals surface area contributed by atoms with Gasteiger partial charge in [-0.15, -0.1) is 0 Å². The third kappa shape index (κ3) is 6.66. The van der Waals surface area contributed by atoms with Crippen LogP contribution in [0.2, 0.25) is 0 Å². The van der Waals surface area contributed by atoms with Crippen LogP contribution in [0.4, 0.5) is 16.3 Å². The lowest BCUT2D eigenvalue weighted by molar-refractivity contribution is -0.121. The van der Waals surface area contributed by atoms with Crippen LogP contribution in [0.3, 0.4) is 0 Å². The highest BCUT2D eigenvalue weighted by atomic mass is 16.7. The minimum atomic E-state index is -0.457. The van der Waals surface area contributed by atoms with Crippen LogP contribution in [0.25, 0.3) is 5.95 Å². The van der Waals surface area contributed by atoms with E-state index in [1.165, 1.54) is 0 Å². The Kier molecular flexibility index (Phi) is 8.43. The van der Waals surface area contributed by atoms with E-state index in [-0.39, 0.29) is 24.4 Å². The van der Waals surface area contributed by atoms with Gasteiger partial charge in [0.05, 0.1) is 13.2 Å². The number of imidazole rings is 1. The molecule has 0 saturated carbocycles. The van der Waals surface area contributed by atoms with Crippen molar-refractivity contribution < 1.29 is 23.8 Å². The molecule has 1 atom stereocenters. The largest absolute Gasteiger partial charge is 0.497 e. The summed E-state index contributed by atoms with van der Waals surface area (Å²) in [7, 11) is 1.59. The SMILES string of the molecule is COc1ccc(NC(=O)N2CCN(c3cc(C)nc(-n4ccnc4)n3)C(CC(=O)NCCC3Oc4ccccc4O3)C2)cc1. The maximum atomic E-state index is 13.3. The highest BCUT2D eigenvalue weighted by Crippen LogP contribution is 2.34. The summed E-state index contributed by atoms with van der Waals surface area (Å²) in [6.07, 6.45) is 5.27. The number of carbonyl (C=O) groups excluding carboxylic acids is 2. The van der Waals surface area contributed by atoms with Crippen LogP contribution in [0, 0.1) is 6.92 Å². The molecule has 2 N–H and O–H groups in total. The second-order valence-electron chi connectivity index (χ2n) is 10.5. The molecule has 13 heteroatoms. The zero-order valence-electron chi connectivity index (χ0n) is 24.6. The highest BCUT2D eigenvalue weighted by molar-refractivity contribution is 5.89. The predicted octanol–water partition coefficient (Wildman–Crippen LogP) is 3.40. The Bertz CT molecular complexity index is 1570. The molecule has 2 aliphatic rings. The molecule has 4 aromatic rings. The van der Waals surface area contributed by atoms with Crippen LogP contribution in [0.5, 0.6) is 17.2 Å². The molecular formula is C31H34N8O5. The van der Waals surface area contributed by atoms with Gasteiger partial charge in [-0.2, -0.15) is 4.98 Å². The summed E-state index contributed by atoms with van der Waals surface area (Å²) in [5.74, 6) is 3.12. The zero-order valence-corrected chi connectivity index (χ0v) is 24.6. The molecule has 0 aliphatic carbocycles. The van der Waals surface area contributed by atoms with Crippen LogP contribution in [0.15, 0.2) is 73.3 Å². The number of nitrogens with one attached hydrogen (secondary N) is 2. The van der Waals surface area contributed by atoms with Gasteiger partial charge in [-0.05, 0) is 43.3 Å². The number of benzene rings is 2. The van der Waals surface area contributed by atoms with Gasteiger partial charge in [0.25, 0.3) is 0 Å². The molecule has 6 rings (SSSR count). The molecule has 1 fully saturated rings. The van der Waals surface area contributed by atoms with Crippen molar-refractivity contribution in [2.24, 2.45) is 0 Å². The van der Waals surface area contributed by atoms with Crippen LogP contribution in [0.1, 0.15) is 18.5 Å². The number of methoxy groups -OCH3 is 1. The van der Waals surface area contributed by atoms with E-state index >= 15 is 0 Å². The van der Waals surface area contributed by atoms with Gasteiger partial charge in [0.2, 0.25) is 18.1 Å². The molecule has 228 valence electrons. The van der Waals surface area contributed by atoms with Crippen LogP contribution < -0.4 is 29.7 Å². The highest BCUT2D eigenvalue weighted by Gasteiger charge is 2.33. The smallest absolute Gasteiger partial charge is 0.321 e. The number of amides is 3. The third-order valence-corrected chi connectivity index (χ3v) is 7.46. The van der Waals surface area contributed by atoms with Gasteiger partial charge in [-0.25, -0.2) is 14.8 Å². The fraction of sp³-hybridized carbons (Fsp3) is 0.323. The van der Waals surface area contributed by atoms with Crippen molar-refractivity contribution in [3.63, 3.8) is 0 Å². The molecule has 1 unspecified atom stereocenters. The average molecular weight is 599 g/mol. The lowest BCUT2D eigenvalue weighted by Crippen LogP contribution is -2.57. The lowest BCUT2D eigenvalue weighted by atomic mass is 10.1. The third-order valence-electron chi connectivity index (χ3n) is 7.46. The van der Waals surface area contributed by atoms with Crippen molar-refractivity contribution in [2.45, 2.75) is 32.1 Å². The summed E-state index contributed by atoms with van der Waals surface area (Å²) < 4.78 is 18.6. The Morgan fingerprint density at radius 3 is 2.52 bits per heavy atom. The van der Waals surface area contributed by atoms with Crippen molar-refractivity contribution in [1.29, 1.82) is 0 Å². The Morgan fingerprint density at radius 2 is 1.82 bits per heavy atom. The van der Waals surface area contributed by atoms with E-state index in [0.717, 1.165) is 5.69 Å². The number of anilines is 2. The standard InChI is InChI=1S/C31H34N8O5/c1-21-17-27(36-30(34-21)38-14-13-32-20-38)39-16-15-37(31(41)35-22-7-9-24(42-2)10-8-22)19-23(39)18-28(40)33-12-11-29-43-25-5-3-4-6-26(25)44-29/h3-10,13-14,17,20,23,29H,11-12,15-16,18-19H2,1-2H3,(H,33,40)(H,35,41). The van der Waals surface area contributed by atoms with Gasteiger partial charge >= 0.3 is 6.03 Å². The Balaban J connectivity index is 1.13. The predicted molar refractivity (Wildman–Crippen MR) is 162 cm³/mol. The second kappa shape index (κ2) is 12.9. The number of rotatable bonds is 9. The van der Waals surface area contributed by atoms with Crippen molar-refractivity contribution >= 4 is 23.4 Å². The van der Waals surface area contributed by atoms with Crippen LogP contribution in [-0.4, -0.2) is 82.0 Å². The maximum Gasteiger partial charge on any atom is 0.321 e. The van der Waals surface area contributed by atoms with Gasteiger partial charge in [0.1, 0.15) is 17.9 Å². The number of ether oxygens (including phenoxy) is 3. The minimum Gasteiger partial charge on any atom is -0.497 e. The molecule has 13 nitrogen and oxygen atoms in total. The summed E-state index contributed by atoms with van der Waals surface area (Å²) in [6.45, 7) is 3.53. The first-order valence-corrected chi connectivity index (χ1v) is 14.4. The number of urea groups is 1. The first kappa shape index (κ1) is 28.8. The number of carbonyl (C=O) groups is 2. The molecular weight excluding hydrogens is 564 g/mol. The quantitative estimate of drug-likeness (QED) is 0.297. The molecule has 0 spiro atoms. The number of aryl methyl sites for hydroxylation is 1. The fourth-order valence-corrected chi connectivity index (χ4v) is 5.26. The number of piperazine rings is 1. The number of nitrogens with zero attached hydrogens (tertiary/aromatic N) is 6. The van der Waals surface area contributed by atoms with E-state index in [1.807, 2.05) is 37.3 Å². The summed E-state index contributed by atoms with van der Waals surface area (Å²) in [6, 6.07) is 16.0. The van der Waals surface area contributed by atoms with E-state index in [0.29, 0.717) is 67.3 Å². The molecule has 1 saturated heterocycles. The molecule has 0 radical (unpaired) electrons. The molecule has 3 amide bonds. The second-order valence-corrected chi connectivity index (χ2v) is 10.5. The number of aromatic nitrogens is 4. The van der Waals surface area contributed by atoms with E-state index in [2.05, 4.69) is 25.5 Å². The van der Waals surface area contributed by atoms with Gasteiger partial charge in [0.15, 0.2) is 11.5 Å². The van der Waals surface area contributed by atoms with Crippen molar-refractivity contribution in [2.75, 3.05) is 43.5 Å². The molecule has 4 heterocycles. The van der Waals surface area contributed by atoms with E-state index in [4.69, 9.17) is 19.2 Å². The normalized spacial score (nSPS) is 16.1. The first-order valence-electron chi connectivity index (χ1n) is 14.4. The minimum absolute atomic E-state index is 0.145. The molecule has 2 aromatic heterocycles. The fourth-order valence-electron chi connectivity index (χ4n) is 5.26. The molecule has 0 bridgehead atoms. The van der Waals surface area contributed by atoms with Gasteiger partial charge in [-0.3, -0.25) is 9.36 Å². The lowest BCUT2D eigenvalue weighted by Gasteiger charge is -2.42. The number of para-hydroxylation sites is 2. The monoisotopic (exact) mass is 598 g/mol. The Labute approximate surface area is 254 Å². The molecule has 44 heavy (non-hydrogen) atoms. The van der Waals surface area contributed by atoms with Crippen LogP contribution in [-0.2, 0) is 4.79 Å². The number of hydrogen-bond donors (Lipinski definition) is 2. The number of hydrogen-bond acceptors (Lipinski definition) is 9. The topological polar surface area (TPSA) is 136 Å². The Morgan fingerprint density at radius 1 is 1.05 bits per heavy atom. The first-order chi connectivity index (χ1) is 21.4. The van der Waals surface area contributed by atoms with Crippen molar-refractivity contribution in [3.05, 3.63) is 79.0 Å². The summed E-state index contributed by atoms with van der Waals surface area (Å²) in [5, 5.41) is 5.94. The molecule has 2 aromatic carbocycles. The molecule has 2 aliphatic heterocycles. The number of fused-ring (bicyclic) bond motifs is 1. The van der Waals surface area contributed by atoms with Crippen molar-refractivity contribution in [3.8, 4) is 23.2 Å². The van der Waals surface area contributed by atoms with E-state index in [9.17, 15) is 9.59 Å². The van der Waals surface area contributed by atoms with Gasteiger partial charge < -0.3 is 34.6 Å². The average Bonchev–Trinajstić information content (AvgIpc) is 3.72. The Hall–Kier alpha value is -5.33. The summed E-state index contributed by atoms with van der Waals surface area (Å²) >= 11 is 0. The summed E-state index contributed by atoms with van der Waals surface area (Å²) in [5.41, 5.74) is 1.43. The van der Waals surface area contributed by atoms with E-state index < -0.39 is 6.29 Å². The summed E-state index contributed by atoms with van der Waals surface area (Å²) in [4.78, 5) is 43.8. The van der Waals surface area contributed by atoms with Gasteiger partial charge in [0, 0.05) is 68.9 Å². The van der Waals surface area contributed by atoms with Gasteiger partial charge in [-0.1, -0.05) is 12.1 Å². The zero-order chi connectivity index (χ0) is 30.5. The maximum absolute atomic E-state index is 13.3.